The van der Waals surface area contributed by atoms with Crippen LogP contribution < -0.4 is 11.2 Å². The molecule has 1 aliphatic carbocycles. The van der Waals surface area contributed by atoms with Gasteiger partial charge < -0.3 is 4.98 Å². The molecule has 9 heteroatoms. The fraction of sp³-hybridized carbons (Fsp3) is 0.167. The van der Waals surface area contributed by atoms with Crippen LogP contribution in [0.3, 0.4) is 0 Å². The number of nitrogens with one attached hydrogen (secondary N) is 2. The zero-order chi connectivity index (χ0) is 19.0. The van der Waals surface area contributed by atoms with Crippen molar-refractivity contribution >= 4 is 11.6 Å². The van der Waals surface area contributed by atoms with E-state index >= 15 is 0 Å². The second-order valence-electron chi connectivity index (χ2n) is 6.01. The van der Waals surface area contributed by atoms with Crippen molar-refractivity contribution in [3.63, 3.8) is 0 Å². The van der Waals surface area contributed by atoms with E-state index in [2.05, 4.69) is 37.0 Å². The Morgan fingerprint density at radius 1 is 1.30 bits per heavy atom. The maximum Gasteiger partial charge on any atom is 0.325 e. The lowest BCUT2D eigenvalue weighted by atomic mass is 10.1. The topological polar surface area (TPSA) is 104 Å². The molecule has 0 aromatic carbocycles. The number of hydrogen-bond acceptors (Lipinski definition) is 5. The van der Waals surface area contributed by atoms with E-state index < -0.39 is 17.1 Å². The average Bonchev–Trinajstić information content (AvgIpc) is 3.41. The number of H-pyrrole nitrogens is 2. The van der Waals surface area contributed by atoms with Gasteiger partial charge in [0.25, 0.3) is 5.56 Å². The van der Waals surface area contributed by atoms with Gasteiger partial charge in [-0.2, -0.15) is 0 Å². The van der Waals surface area contributed by atoms with Crippen molar-refractivity contribution < 1.29 is 4.39 Å². The van der Waals surface area contributed by atoms with Crippen molar-refractivity contribution in [3.05, 3.63) is 73.7 Å². The van der Waals surface area contributed by atoms with E-state index in [1.807, 2.05) is 0 Å². The maximum absolute atomic E-state index is 13.6. The number of hydrogen-bond donors (Lipinski definition) is 2. The molecule has 3 aromatic heterocycles. The Morgan fingerprint density at radius 3 is 2.93 bits per heavy atom. The third kappa shape index (κ3) is 3.50. The summed E-state index contributed by atoms with van der Waals surface area (Å²) in [5.41, 5.74) is 0.0972. The molecular weight excluding hydrogens is 373 g/mol. The highest BCUT2D eigenvalue weighted by molar-refractivity contribution is 6.30. The van der Waals surface area contributed by atoms with Gasteiger partial charge in [0.2, 0.25) is 0 Å². The van der Waals surface area contributed by atoms with E-state index in [9.17, 15) is 14.0 Å². The molecule has 0 saturated heterocycles. The molecule has 1 fully saturated rings. The van der Waals surface area contributed by atoms with Crippen LogP contribution in [0.2, 0.25) is 5.15 Å². The van der Waals surface area contributed by atoms with Crippen LogP contribution in [0.5, 0.6) is 0 Å². The summed E-state index contributed by atoms with van der Waals surface area (Å²) in [6.07, 6.45) is 3.49. The molecule has 0 unspecified atom stereocenters. The molecule has 134 valence electrons. The summed E-state index contributed by atoms with van der Waals surface area (Å²) in [7, 11) is 0. The second-order valence-corrected chi connectivity index (χ2v) is 6.37. The van der Waals surface area contributed by atoms with Gasteiger partial charge >= 0.3 is 5.69 Å². The molecule has 2 N–H and O–H groups in total. The summed E-state index contributed by atoms with van der Waals surface area (Å²) < 4.78 is 13.6. The van der Waals surface area contributed by atoms with Crippen molar-refractivity contribution in [2.24, 2.45) is 5.92 Å². The molecule has 3 heterocycles. The largest absolute Gasteiger partial charge is 0.325 e. The first-order valence-corrected chi connectivity index (χ1v) is 8.38. The highest BCUT2D eigenvalue weighted by Crippen LogP contribution is 2.49. The lowest BCUT2D eigenvalue weighted by molar-refractivity contribution is 0.617. The van der Waals surface area contributed by atoms with Gasteiger partial charge in [-0.1, -0.05) is 17.5 Å². The van der Waals surface area contributed by atoms with Crippen molar-refractivity contribution in [3.8, 4) is 23.1 Å². The molecular formula is C18H11ClFN5O2. The quantitative estimate of drug-likeness (QED) is 0.657. The van der Waals surface area contributed by atoms with Crippen molar-refractivity contribution in [1.29, 1.82) is 0 Å². The van der Waals surface area contributed by atoms with Gasteiger partial charge in [0.05, 0.1) is 5.56 Å². The van der Waals surface area contributed by atoms with Crippen LogP contribution in [0.4, 0.5) is 4.39 Å². The molecule has 2 atom stereocenters. The zero-order valence-electron chi connectivity index (χ0n) is 13.7. The predicted molar refractivity (Wildman–Crippen MR) is 95.6 cm³/mol. The van der Waals surface area contributed by atoms with E-state index in [1.165, 1.54) is 24.5 Å². The molecule has 0 amide bonds. The summed E-state index contributed by atoms with van der Waals surface area (Å²) in [5, 5.41) is 8.04. The van der Waals surface area contributed by atoms with E-state index in [4.69, 9.17) is 11.6 Å². The minimum atomic E-state index is -0.606. The second kappa shape index (κ2) is 6.78. The van der Waals surface area contributed by atoms with Crippen LogP contribution in [-0.2, 0) is 0 Å². The summed E-state index contributed by atoms with van der Waals surface area (Å²) >= 11 is 6.15. The van der Waals surface area contributed by atoms with Crippen molar-refractivity contribution in [1.82, 2.24) is 25.1 Å². The fourth-order valence-electron chi connectivity index (χ4n) is 2.72. The predicted octanol–water partition coefficient (Wildman–Crippen LogP) is 1.86. The highest BCUT2D eigenvalue weighted by Gasteiger charge is 2.39. The summed E-state index contributed by atoms with van der Waals surface area (Å²) in [6.45, 7) is 0. The standard InChI is InChI=1S/C18H11ClFN5O2/c19-16-11(7-15(24-25-16)12-8-22-18(27)23-17(12)26)10-6-9(10)3-4-14-13(20)2-1-5-21-14/h1-2,5,7-10H,6H2,(H2,22,23,26,27)/t9-,10-/m0/s1. The molecule has 3 aromatic rings. The Labute approximate surface area is 156 Å². The van der Waals surface area contributed by atoms with Gasteiger partial charge in [-0.15, -0.1) is 10.2 Å². The minimum absolute atomic E-state index is 0.00728. The normalized spacial score (nSPS) is 17.9. The first-order chi connectivity index (χ1) is 13.0. The van der Waals surface area contributed by atoms with E-state index in [0.717, 1.165) is 6.42 Å². The summed E-state index contributed by atoms with van der Waals surface area (Å²) in [6, 6.07) is 4.47. The molecule has 7 nitrogen and oxygen atoms in total. The molecule has 0 radical (unpaired) electrons. The van der Waals surface area contributed by atoms with Crippen LogP contribution in [0.25, 0.3) is 11.3 Å². The average molecular weight is 384 g/mol. The van der Waals surface area contributed by atoms with E-state index in [-0.39, 0.29) is 28.2 Å². The number of halogens is 2. The van der Waals surface area contributed by atoms with Crippen LogP contribution in [0, 0.1) is 23.6 Å². The van der Waals surface area contributed by atoms with Gasteiger partial charge in [-0.3, -0.25) is 9.78 Å². The minimum Gasteiger partial charge on any atom is -0.313 e. The Hall–Kier alpha value is -3.31. The van der Waals surface area contributed by atoms with E-state index in [0.29, 0.717) is 11.3 Å². The van der Waals surface area contributed by atoms with Crippen molar-refractivity contribution in [2.45, 2.75) is 12.3 Å². The van der Waals surface area contributed by atoms with Gasteiger partial charge in [0.1, 0.15) is 11.4 Å². The van der Waals surface area contributed by atoms with Crippen LogP contribution >= 0.6 is 11.6 Å². The number of rotatable bonds is 2. The Kier molecular flexibility index (Phi) is 4.30. The first kappa shape index (κ1) is 17.1. The van der Waals surface area contributed by atoms with E-state index in [1.54, 1.807) is 6.07 Å². The molecule has 1 aliphatic rings. The van der Waals surface area contributed by atoms with Gasteiger partial charge in [0, 0.05) is 24.2 Å². The summed E-state index contributed by atoms with van der Waals surface area (Å²) in [5.74, 6) is 5.26. The Bertz CT molecular complexity index is 1210. The van der Waals surface area contributed by atoms with Gasteiger partial charge in [0.15, 0.2) is 11.0 Å². The molecule has 4 rings (SSSR count). The number of aromatic amines is 2. The molecule has 0 bridgehead atoms. The molecule has 27 heavy (non-hydrogen) atoms. The van der Waals surface area contributed by atoms with Crippen LogP contribution in [-0.4, -0.2) is 25.1 Å². The monoisotopic (exact) mass is 383 g/mol. The molecule has 0 aliphatic heterocycles. The lowest BCUT2D eigenvalue weighted by Crippen LogP contribution is -2.23. The third-order valence-corrected chi connectivity index (χ3v) is 4.49. The number of nitrogens with zero attached hydrogens (tertiary/aromatic N) is 3. The summed E-state index contributed by atoms with van der Waals surface area (Å²) in [4.78, 5) is 31.5. The molecule has 0 spiro atoms. The zero-order valence-corrected chi connectivity index (χ0v) is 14.4. The Morgan fingerprint density at radius 2 is 2.15 bits per heavy atom. The molecule has 1 saturated carbocycles. The van der Waals surface area contributed by atoms with Crippen LogP contribution in [0.15, 0.2) is 40.2 Å². The first-order valence-electron chi connectivity index (χ1n) is 8.00. The van der Waals surface area contributed by atoms with Gasteiger partial charge in [-0.05, 0) is 36.1 Å². The number of pyridine rings is 1. The smallest absolute Gasteiger partial charge is 0.313 e. The number of aromatic nitrogens is 5. The SMILES string of the molecule is O=c1[nH]cc(-c2cc([C@H]3C[C@@H]3C#Cc3ncccc3F)c(Cl)nn2)c(=O)[nH]1. The highest BCUT2D eigenvalue weighted by atomic mass is 35.5. The van der Waals surface area contributed by atoms with Crippen molar-refractivity contribution in [2.75, 3.05) is 0 Å². The Balaban J connectivity index is 1.62. The maximum atomic E-state index is 13.6. The third-order valence-electron chi connectivity index (χ3n) is 4.20. The fourth-order valence-corrected chi connectivity index (χ4v) is 2.95. The van der Waals surface area contributed by atoms with Gasteiger partial charge in [-0.25, -0.2) is 14.2 Å². The lowest BCUT2D eigenvalue weighted by Gasteiger charge is -2.04. The van der Waals surface area contributed by atoms with Crippen LogP contribution in [0.1, 0.15) is 23.6 Å².